The van der Waals surface area contributed by atoms with Crippen molar-refractivity contribution >= 4 is 15.7 Å². The lowest BCUT2D eigenvalue weighted by Crippen LogP contribution is -2.48. The topological polar surface area (TPSA) is 52.7 Å². The Morgan fingerprint density at radius 2 is 1.56 bits per heavy atom. The first kappa shape index (κ1) is 19.9. The van der Waals surface area contributed by atoms with E-state index in [0.29, 0.717) is 17.4 Å². The molecule has 0 radical (unpaired) electrons. The highest BCUT2D eigenvalue weighted by molar-refractivity contribution is 7.89. The zero-order valence-electron chi connectivity index (χ0n) is 16.1. The third-order valence-corrected chi connectivity index (χ3v) is 6.55. The summed E-state index contributed by atoms with van der Waals surface area (Å²) in [6, 6.07) is 17.6. The highest BCUT2D eigenvalue weighted by Gasteiger charge is 2.18. The molecular weight excluding hydrogens is 358 g/mol. The SMILES string of the molecule is CC(C)c1ccc(S(=O)(=O)NCCN2CCN(c3ccccc3)CC2)cc1. The van der Waals surface area contributed by atoms with Gasteiger partial charge in [0.25, 0.3) is 0 Å². The van der Waals surface area contributed by atoms with Crippen LogP contribution in [0.5, 0.6) is 0 Å². The fourth-order valence-electron chi connectivity index (χ4n) is 3.32. The van der Waals surface area contributed by atoms with Crippen LogP contribution in [0.4, 0.5) is 5.69 Å². The summed E-state index contributed by atoms with van der Waals surface area (Å²) in [4.78, 5) is 5.02. The smallest absolute Gasteiger partial charge is 0.240 e. The fraction of sp³-hybridized carbons (Fsp3) is 0.429. The van der Waals surface area contributed by atoms with Gasteiger partial charge in [-0.2, -0.15) is 0 Å². The predicted octanol–water partition coefficient (Wildman–Crippen LogP) is 2.91. The molecule has 0 spiro atoms. The van der Waals surface area contributed by atoms with E-state index >= 15 is 0 Å². The predicted molar refractivity (Wildman–Crippen MR) is 111 cm³/mol. The second-order valence-electron chi connectivity index (χ2n) is 7.29. The molecule has 1 saturated heterocycles. The van der Waals surface area contributed by atoms with Gasteiger partial charge in [0.2, 0.25) is 10.0 Å². The number of anilines is 1. The zero-order valence-corrected chi connectivity index (χ0v) is 17.0. The van der Waals surface area contributed by atoms with Gasteiger partial charge < -0.3 is 4.90 Å². The third-order valence-electron chi connectivity index (χ3n) is 5.07. The van der Waals surface area contributed by atoms with Gasteiger partial charge in [-0.15, -0.1) is 0 Å². The Kier molecular flexibility index (Phi) is 6.52. The van der Waals surface area contributed by atoms with Crippen LogP contribution in [0.25, 0.3) is 0 Å². The van der Waals surface area contributed by atoms with Gasteiger partial charge in [-0.05, 0) is 35.7 Å². The van der Waals surface area contributed by atoms with Crippen molar-refractivity contribution in [1.29, 1.82) is 0 Å². The van der Waals surface area contributed by atoms with Gasteiger partial charge >= 0.3 is 0 Å². The Labute approximate surface area is 163 Å². The number of piperazine rings is 1. The van der Waals surface area contributed by atoms with Gasteiger partial charge in [0.15, 0.2) is 0 Å². The molecule has 1 fully saturated rings. The number of hydrogen-bond acceptors (Lipinski definition) is 4. The van der Waals surface area contributed by atoms with E-state index in [-0.39, 0.29) is 0 Å². The van der Waals surface area contributed by atoms with Gasteiger partial charge in [-0.1, -0.05) is 44.2 Å². The molecule has 1 N–H and O–H groups in total. The molecule has 0 unspecified atom stereocenters. The summed E-state index contributed by atoms with van der Waals surface area (Å²) in [6.45, 7) is 9.17. The van der Waals surface area contributed by atoms with Crippen molar-refractivity contribution in [2.45, 2.75) is 24.7 Å². The average molecular weight is 388 g/mol. The monoisotopic (exact) mass is 387 g/mol. The maximum absolute atomic E-state index is 12.5. The number of para-hydroxylation sites is 1. The van der Waals surface area contributed by atoms with E-state index in [0.717, 1.165) is 38.3 Å². The first-order chi connectivity index (χ1) is 13.0. The summed E-state index contributed by atoms with van der Waals surface area (Å²) < 4.78 is 27.6. The Morgan fingerprint density at radius 1 is 0.926 bits per heavy atom. The molecule has 27 heavy (non-hydrogen) atoms. The number of nitrogens with one attached hydrogen (secondary N) is 1. The number of hydrogen-bond donors (Lipinski definition) is 1. The molecule has 0 bridgehead atoms. The molecule has 0 saturated carbocycles. The van der Waals surface area contributed by atoms with E-state index < -0.39 is 10.0 Å². The van der Waals surface area contributed by atoms with Crippen molar-refractivity contribution in [3.05, 3.63) is 60.2 Å². The first-order valence-electron chi connectivity index (χ1n) is 9.58. The van der Waals surface area contributed by atoms with Gasteiger partial charge in [0.05, 0.1) is 4.90 Å². The average Bonchev–Trinajstić information content (AvgIpc) is 2.69. The Hall–Kier alpha value is -1.89. The first-order valence-corrected chi connectivity index (χ1v) is 11.1. The second kappa shape index (κ2) is 8.87. The minimum absolute atomic E-state index is 0.334. The molecule has 1 aliphatic rings. The van der Waals surface area contributed by atoms with E-state index in [1.54, 1.807) is 12.1 Å². The van der Waals surface area contributed by atoms with Crippen LogP contribution in [0.1, 0.15) is 25.3 Å². The molecular formula is C21H29N3O2S. The van der Waals surface area contributed by atoms with Crippen LogP contribution >= 0.6 is 0 Å². The van der Waals surface area contributed by atoms with E-state index in [1.807, 2.05) is 18.2 Å². The standard InChI is InChI=1S/C21H29N3O2S/c1-18(2)19-8-10-21(11-9-19)27(25,26)22-12-13-23-14-16-24(17-15-23)20-6-4-3-5-7-20/h3-11,18,22H,12-17H2,1-2H3. The maximum atomic E-state index is 12.5. The lowest BCUT2D eigenvalue weighted by Gasteiger charge is -2.36. The van der Waals surface area contributed by atoms with E-state index in [1.165, 1.54) is 5.69 Å². The quantitative estimate of drug-likeness (QED) is 0.794. The molecule has 1 heterocycles. The highest BCUT2D eigenvalue weighted by atomic mass is 32.2. The number of sulfonamides is 1. The summed E-state index contributed by atoms with van der Waals surface area (Å²) in [5.41, 5.74) is 2.40. The second-order valence-corrected chi connectivity index (χ2v) is 9.05. The van der Waals surface area contributed by atoms with Gasteiger partial charge in [0.1, 0.15) is 0 Å². The van der Waals surface area contributed by atoms with Crippen LogP contribution in [-0.4, -0.2) is 52.6 Å². The summed E-state index contributed by atoms with van der Waals surface area (Å²) in [6.07, 6.45) is 0. The van der Waals surface area contributed by atoms with Gasteiger partial charge in [-0.25, -0.2) is 13.1 Å². The molecule has 146 valence electrons. The molecule has 0 atom stereocenters. The molecule has 0 amide bonds. The van der Waals surface area contributed by atoms with Crippen molar-refractivity contribution in [1.82, 2.24) is 9.62 Å². The van der Waals surface area contributed by atoms with E-state index in [2.05, 4.69) is 52.6 Å². The molecule has 2 aromatic carbocycles. The fourth-order valence-corrected chi connectivity index (χ4v) is 4.34. The van der Waals surface area contributed by atoms with Gasteiger partial charge in [0, 0.05) is 45.0 Å². The normalized spacial score (nSPS) is 16.0. The van der Waals surface area contributed by atoms with Crippen molar-refractivity contribution < 1.29 is 8.42 Å². The Morgan fingerprint density at radius 3 is 2.15 bits per heavy atom. The number of benzene rings is 2. The lowest BCUT2D eigenvalue weighted by atomic mass is 10.0. The molecule has 0 aliphatic carbocycles. The molecule has 0 aromatic heterocycles. The van der Waals surface area contributed by atoms with E-state index in [9.17, 15) is 8.42 Å². The van der Waals surface area contributed by atoms with Crippen LogP contribution in [0.2, 0.25) is 0 Å². The van der Waals surface area contributed by atoms with Crippen molar-refractivity contribution in [2.75, 3.05) is 44.2 Å². The molecule has 5 nitrogen and oxygen atoms in total. The van der Waals surface area contributed by atoms with Crippen LogP contribution < -0.4 is 9.62 Å². The van der Waals surface area contributed by atoms with Crippen molar-refractivity contribution in [3.8, 4) is 0 Å². The summed E-state index contributed by atoms with van der Waals surface area (Å²) in [5.74, 6) is 0.393. The minimum Gasteiger partial charge on any atom is -0.369 e. The van der Waals surface area contributed by atoms with Crippen LogP contribution in [0, 0.1) is 0 Å². The largest absolute Gasteiger partial charge is 0.369 e. The van der Waals surface area contributed by atoms with Crippen LogP contribution in [0.3, 0.4) is 0 Å². The van der Waals surface area contributed by atoms with Crippen molar-refractivity contribution in [3.63, 3.8) is 0 Å². The third kappa shape index (κ3) is 5.31. The highest BCUT2D eigenvalue weighted by Crippen LogP contribution is 2.17. The van der Waals surface area contributed by atoms with Gasteiger partial charge in [-0.3, -0.25) is 4.90 Å². The van der Waals surface area contributed by atoms with E-state index in [4.69, 9.17) is 0 Å². The molecule has 2 aromatic rings. The minimum atomic E-state index is -3.44. The summed E-state index contributed by atoms with van der Waals surface area (Å²) in [7, 11) is -3.44. The summed E-state index contributed by atoms with van der Waals surface area (Å²) in [5, 5.41) is 0. The maximum Gasteiger partial charge on any atom is 0.240 e. The summed E-state index contributed by atoms with van der Waals surface area (Å²) >= 11 is 0. The zero-order chi connectivity index (χ0) is 19.3. The molecule has 3 rings (SSSR count). The van der Waals surface area contributed by atoms with Crippen molar-refractivity contribution in [2.24, 2.45) is 0 Å². The number of nitrogens with zero attached hydrogens (tertiary/aromatic N) is 2. The lowest BCUT2D eigenvalue weighted by molar-refractivity contribution is 0.262. The number of rotatable bonds is 7. The Balaban J connectivity index is 1.45. The van der Waals surface area contributed by atoms with Crippen LogP contribution in [-0.2, 0) is 10.0 Å². The Bertz CT molecular complexity index is 812. The van der Waals surface area contributed by atoms with Crippen LogP contribution in [0.15, 0.2) is 59.5 Å². The molecule has 1 aliphatic heterocycles. The molecule has 6 heteroatoms.